The van der Waals surface area contributed by atoms with E-state index in [9.17, 15) is 9.18 Å². The molecule has 0 aliphatic rings. The van der Waals surface area contributed by atoms with Crippen LogP contribution in [0.15, 0.2) is 85.3 Å². The molecule has 0 radical (unpaired) electrons. The molecule has 0 atom stereocenters. The molecule has 2 aromatic carbocycles. The molecule has 7 heteroatoms. The number of hydrogen-bond acceptors (Lipinski definition) is 4. The molecule has 1 N–H and O–H groups in total. The Morgan fingerprint density at radius 1 is 1.13 bits per heavy atom. The van der Waals surface area contributed by atoms with Crippen LogP contribution in [0.1, 0.15) is 5.56 Å². The highest BCUT2D eigenvalue weighted by atomic mass is 19.1. The average molecular weight is 414 g/mol. The molecule has 0 spiro atoms. The smallest absolute Gasteiger partial charge is 0.248 e. The number of carbonyl (C=O) groups is 1. The van der Waals surface area contributed by atoms with E-state index in [2.05, 4.69) is 15.4 Å². The predicted octanol–water partition coefficient (Wildman–Crippen LogP) is 4.73. The summed E-state index contributed by atoms with van der Waals surface area (Å²) in [6, 6.07) is 17.6. The molecule has 2 heterocycles. The lowest BCUT2D eigenvalue weighted by atomic mass is 10.1. The molecule has 4 aromatic rings. The number of anilines is 1. The normalized spacial score (nSPS) is 10.9. The van der Waals surface area contributed by atoms with Crippen LogP contribution in [0.4, 0.5) is 10.1 Å². The number of amides is 1. The largest absolute Gasteiger partial charge is 0.494 e. The van der Waals surface area contributed by atoms with Crippen LogP contribution in [0, 0.1) is 5.82 Å². The third kappa shape index (κ3) is 4.67. The first-order chi connectivity index (χ1) is 15.1. The molecule has 6 nitrogen and oxygen atoms in total. The lowest BCUT2D eigenvalue weighted by molar-refractivity contribution is -0.111. The second-order valence-corrected chi connectivity index (χ2v) is 6.63. The summed E-state index contributed by atoms with van der Waals surface area (Å²) in [4.78, 5) is 16.5. The molecular weight excluding hydrogens is 395 g/mol. The molecule has 154 valence electrons. The molecule has 0 saturated carbocycles. The van der Waals surface area contributed by atoms with Gasteiger partial charge in [0.1, 0.15) is 5.69 Å². The minimum atomic E-state index is -0.549. The number of hydrogen-bond donors (Lipinski definition) is 1. The van der Waals surface area contributed by atoms with Crippen molar-refractivity contribution in [1.82, 2.24) is 14.8 Å². The van der Waals surface area contributed by atoms with Crippen molar-refractivity contribution in [2.75, 3.05) is 12.4 Å². The van der Waals surface area contributed by atoms with Crippen LogP contribution < -0.4 is 10.1 Å². The van der Waals surface area contributed by atoms with Gasteiger partial charge in [0.2, 0.25) is 5.91 Å². The minimum Gasteiger partial charge on any atom is -0.494 e. The molecule has 31 heavy (non-hydrogen) atoms. The molecule has 2 aromatic heterocycles. The van der Waals surface area contributed by atoms with E-state index in [0.717, 1.165) is 16.8 Å². The maximum atomic E-state index is 13.8. The van der Waals surface area contributed by atoms with E-state index < -0.39 is 11.7 Å². The van der Waals surface area contributed by atoms with Crippen LogP contribution in [0.5, 0.6) is 5.75 Å². The molecule has 0 bridgehead atoms. The summed E-state index contributed by atoms with van der Waals surface area (Å²) < 4.78 is 20.5. The number of aromatic nitrogens is 3. The number of nitrogens with zero attached hydrogens (tertiary/aromatic N) is 3. The van der Waals surface area contributed by atoms with Gasteiger partial charge in [-0.15, -0.1) is 0 Å². The number of ether oxygens (including phenoxy) is 1. The van der Waals surface area contributed by atoms with Crippen molar-refractivity contribution in [3.8, 4) is 22.7 Å². The zero-order valence-electron chi connectivity index (χ0n) is 16.7. The SMILES string of the molecule is COc1ccc(NC(=O)/C=C/c2cn(-c3ccccc3)nc2-c2cccnc2)cc1F. The lowest BCUT2D eigenvalue weighted by Gasteiger charge is -2.05. The fourth-order valence-electron chi connectivity index (χ4n) is 3.04. The maximum absolute atomic E-state index is 13.8. The summed E-state index contributed by atoms with van der Waals surface area (Å²) in [6.07, 6.45) is 8.30. The van der Waals surface area contributed by atoms with Crippen LogP contribution >= 0.6 is 0 Å². The molecule has 0 unspecified atom stereocenters. The molecular formula is C24H19FN4O2. The topological polar surface area (TPSA) is 69.0 Å². The number of methoxy groups -OCH3 is 1. The summed E-state index contributed by atoms with van der Waals surface area (Å²) in [5.74, 6) is -0.829. The second kappa shape index (κ2) is 9.04. The first-order valence-electron chi connectivity index (χ1n) is 9.52. The number of pyridine rings is 1. The first kappa shape index (κ1) is 20.0. The van der Waals surface area contributed by atoms with Crippen LogP contribution in [-0.2, 0) is 4.79 Å². The van der Waals surface area contributed by atoms with Gasteiger partial charge in [-0.2, -0.15) is 5.10 Å². The fraction of sp³-hybridized carbons (Fsp3) is 0.0417. The third-order valence-corrected chi connectivity index (χ3v) is 4.53. The summed E-state index contributed by atoms with van der Waals surface area (Å²) in [6.45, 7) is 0. The lowest BCUT2D eigenvalue weighted by Crippen LogP contribution is -2.08. The number of carbonyl (C=O) groups excluding carboxylic acids is 1. The van der Waals surface area contributed by atoms with Gasteiger partial charge in [0.25, 0.3) is 0 Å². The van der Waals surface area contributed by atoms with Crippen molar-refractivity contribution in [1.29, 1.82) is 0 Å². The van der Waals surface area contributed by atoms with Crippen molar-refractivity contribution < 1.29 is 13.9 Å². The van der Waals surface area contributed by atoms with Crippen molar-refractivity contribution >= 4 is 17.7 Å². The quantitative estimate of drug-likeness (QED) is 0.463. The van der Waals surface area contributed by atoms with Crippen LogP contribution in [0.25, 0.3) is 23.0 Å². The molecule has 4 rings (SSSR count). The Balaban J connectivity index is 1.60. The van der Waals surface area contributed by atoms with Gasteiger partial charge in [-0.25, -0.2) is 9.07 Å². The van der Waals surface area contributed by atoms with E-state index in [4.69, 9.17) is 4.74 Å². The Bertz CT molecular complexity index is 1220. The van der Waals surface area contributed by atoms with E-state index in [0.29, 0.717) is 11.4 Å². The van der Waals surface area contributed by atoms with Crippen molar-refractivity contribution in [3.63, 3.8) is 0 Å². The van der Waals surface area contributed by atoms with Gasteiger partial charge in [0, 0.05) is 47.5 Å². The van der Waals surface area contributed by atoms with Gasteiger partial charge in [0.15, 0.2) is 11.6 Å². The minimum absolute atomic E-state index is 0.114. The molecule has 0 aliphatic heterocycles. The fourth-order valence-corrected chi connectivity index (χ4v) is 3.04. The highest BCUT2D eigenvalue weighted by Crippen LogP contribution is 2.24. The Hall–Kier alpha value is -4.26. The highest BCUT2D eigenvalue weighted by Gasteiger charge is 2.11. The number of rotatable bonds is 6. The van der Waals surface area contributed by atoms with Gasteiger partial charge in [-0.3, -0.25) is 9.78 Å². The highest BCUT2D eigenvalue weighted by molar-refractivity contribution is 6.02. The summed E-state index contributed by atoms with van der Waals surface area (Å²) in [5.41, 5.74) is 3.49. The van der Waals surface area contributed by atoms with Crippen molar-refractivity contribution in [3.05, 3.63) is 96.7 Å². The summed E-state index contributed by atoms with van der Waals surface area (Å²) in [5, 5.41) is 7.31. The van der Waals surface area contributed by atoms with E-state index in [1.54, 1.807) is 29.2 Å². The van der Waals surface area contributed by atoms with Crippen molar-refractivity contribution in [2.24, 2.45) is 0 Å². The standard InChI is InChI=1S/C24H19FN4O2/c1-31-22-11-10-19(14-21(22)25)27-23(30)12-9-18-16-29(20-7-3-2-4-8-20)28-24(18)17-6-5-13-26-15-17/h2-16H,1H3,(H,27,30)/b12-9+. The second-order valence-electron chi connectivity index (χ2n) is 6.63. The summed E-state index contributed by atoms with van der Waals surface area (Å²) >= 11 is 0. The number of benzene rings is 2. The van der Waals surface area contributed by atoms with Gasteiger partial charge >= 0.3 is 0 Å². The monoisotopic (exact) mass is 414 g/mol. The molecule has 0 fully saturated rings. The number of para-hydroxylation sites is 1. The zero-order valence-corrected chi connectivity index (χ0v) is 16.7. The van der Waals surface area contributed by atoms with E-state index in [-0.39, 0.29) is 5.75 Å². The first-order valence-corrected chi connectivity index (χ1v) is 9.52. The maximum Gasteiger partial charge on any atom is 0.248 e. The average Bonchev–Trinajstić information content (AvgIpc) is 3.23. The van der Waals surface area contributed by atoms with Crippen LogP contribution in [0.3, 0.4) is 0 Å². The Morgan fingerprint density at radius 2 is 1.97 bits per heavy atom. The molecule has 0 aliphatic carbocycles. The van der Waals surface area contributed by atoms with E-state index in [1.807, 2.05) is 48.7 Å². The summed E-state index contributed by atoms with van der Waals surface area (Å²) in [7, 11) is 1.38. The number of nitrogens with one attached hydrogen (secondary N) is 1. The Labute approximate surface area is 178 Å². The van der Waals surface area contributed by atoms with Gasteiger partial charge in [-0.05, 0) is 42.5 Å². The predicted molar refractivity (Wildman–Crippen MR) is 117 cm³/mol. The van der Waals surface area contributed by atoms with Crippen LogP contribution in [-0.4, -0.2) is 27.8 Å². The Kier molecular flexibility index (Phi) is 5.84. The number of halogens is 1. The molecule has 0 saturated heterocycles. The Morgan fingerprint density at radius 3 is 2.68 bits per heavy atom. The van der Waals surface area contributed by atoms with Gasteiger partial charge in [0.05, 0.1) is 12.8 Å². The van der Waals surface area contributed by atoms with Crippen molar-refractivity contribution in [2.45, 2.75) is 0 Å². The van der Waals surface area contributed by atoms with Crippen LogP contribution in [0.2, 0.25) is 0 Å². The third-order valence-electron chi connectivity index (χ3n) is 4.53. The van der Waals surface area contributed by atoms with Gasteiger partial charge < -0.3 is 10.1 Å². The molecule has 1 amide bonds. The zero-order chi connectivity index (χ0) is 21.6. The van der Waals surface area contributed by atoms with Gasteiger partial charge in [-0.1, -0.05) is 18.2 Å². The van der Waals surface area contributed by atoms with E-state index >= 15 is 0 Å². The van der Waals surface area contributed by atoms with E-state index in [1.165, 1.54) is 25.3 Å².